The number of hydrogen-bond acceptors (Lipinski definition) is 5. The fourth-order valence-electron chi connectivity index (χ4n) is 2.47. The number of hydrogen-bond donors (Lipinski definition) is 0. The van der Waals surface area contributed by atoms with Gasteiger partial charge < -0.3 is 18.7 Å². The lowest BCUT2D eigenvalue weighted by Gasteiger charge is -2.33. The minimum Gasteiger partial charge on any atom is -0.377 e. The van der Waals surface area contributed by atoms with E-state index in [0.29, 0.717) is 37.2 Å². The van der Waals surface area contributed by atoms with E-state index in [1.54, 1.807) is 11.8 Å². The highest BCUT2D eigenvalue weighted by molar-refractivity contribution is 5.93. The minimum absolute atomic E-state index is 0.0465. The average molecular weight is 290 g/mol. The molecule has 3 rings (SSSR count). The molecule has 2 aromatic rings. The molecule has 1 fully saturated rings. The summed E-state index contributed by atoms with van der Waals surface area (Å²) >= 11 is 0. The van der Waals surface area contributed by atoms with Gasteiger partial charge in [0, 0.05) is 19.3 Å². The van der Waals surface area contributed by atoms with Gasteiger partial charge in [-0.15, -0.1) is 0 Å². The van der Waals surface area contributed by atoms with Crippen molar-refractivity contribution in [2.75, 3.05) is 19.8 Å². The van der Waals surface area contributed by atoms with Crippen LogP contribution in [0.3, 0.4) is 0 Å². The third-order valence-corrected chi connectivity index (χ3v) is 3.81. The highest BCUT2D eigenvalue weighted by atomic mass is 16.5. The van der Waals surface area contributed by atoms with Gasteiger partial charge in [0.1, 0.15) is 11.7 Å². The fraction of sp³-hybridized carbons (Fsp3) is 0.500. The number of nitrogens with zero attached hydrogens (tertiary/aromatic N) is 4. The van der Waals surface area contributed by atoms with Crippen molar-refractivity contribution >= 4 is 5.91 Å². The van der Waals surface area contributed by atoms with Crippen LogP contribution in [0.15, 0.2) is 16.7 Å². The molecule has 0 aromatic carbocycles. The molecule has 0 aliphatic carbocycles. The number of aromatic nitrogens is 3. The molecule has 7 heteroatoms. The van der Waals surface area contributed by atoms with E-state index in [2.05, 4.69) is 10.1 Å². The molecule has 1 aliphatic heterocycles. The van der Waals surface area contributed by atoms with Gasteiger partial charge in [-0.25, -0.2) is 0 Å². The van der Waals surface area contributed by atoms with Crippen molar-refractivity contribution in [1.29, 1.82) is 0 Å². The average Bonchev–Trinajstić information content (AvgIpc) is 3.06. The summed E-state index contributed by atoms with van der Waals surface area (Å²) < 4.78 is 12.6. The maximum absolute atomic E-state index is 12.8. The molecular weight excluding hydrogens is 272 g/mol. The molecule has 1 saturated heterocycles. The first-order valence-corrected chi connectivity index (χ1v) is 6.89. The van der Waals surface area contributed by atoms with E-state index in [1.165, 1.54) is 0 Å². The number of aryl methyl sites for hydroxylation is 2. The Balaban J connectivity index is 1.91. The van der Waals surface area contributed by atoms with E-state index in [0.717, 1.165) is 5.69 Å². The Labute approximate surface area is 122 Å². The van der Waals surface area contributed by atoms with Crippen LogP contribution in [0.5, 0.6) is 0 Å². The molecular formula is C14H18N4O3. The smallest absolute Gasteiger partial charge is 0.271 e. The standard InChI is InChI=1S/C14H18N4O3/c1-9-4-5-11(17(9)3)14(19)18-6-7-20-8-12(18)13-15-10(2)16-21-13/h4-5,12H,6-8H2,1-3H3. The van der Waals surface area contributed by atoms with Gasteiger partial charge in [0.25, 0.3) is 11.8 Å². The number of morpholine rings is 1. The second-order valence-electron chi connectivity index (χ2n) is 5.19. The SMILES string of the molecule is Cc1noc(C2COCCN2C(=O)c2ccc(C)n2C)n1. The monoisotopic (exact) mass is 290 g/mol. The number of carbonyl (C=O) groups excluding carboxylic acids is 1. The van der Waals surface area contributed by atoms with Crippen LogP contribution in [-0.4, -0.2) is 45.3 Å². The second-order valence-corrected chi connectivity index (χ2v) is 5.19. The van der Waals surface area contributed by atoms with Crippen molar-refractivity contribution in [2.45, 2.75) is 19.9 Å². The van der Waals surface area contributed by atoms with Crippen LogP contribution < -0.4 is 0 Å². The molecule has 7 nitrogen and oxygen atoms in total. The minimum atomic E-state index is -0.331. The first-order chi connectivity index (χ1) is 10.1. The van der Waals surface area contributed by atoms with Gasteiger partial charge in [-0.05, 0) is 26.0 Å². The van der Waals surface area contributed by atoms with Crippen molar-refractivity contribution in [3.8, 4) is 0 Å². The van der Waals surface area contributed by atoms with E-state index in [1.807, 2.05) is 30.7 Å². The van der Waals surface area contributed by atoms with Crippen LogP contribution in [-0.2, 0) is 11.8 Å². The Bertz CT molecular complexity index is 661. The maximum Gasteiger partial charge on any atom is 0.271 e. The van der Waals surface area contributed by atoms with Gasteiger partial charge in [0.15, 0.2) is 5.82 Å². The molecule has 1 atom stereocenters. The Morgan fingerprint density at radius 2 is 2.19 bits per heavy atom. The fourth-order valence-corrected chi connectivity index (χ4v) is 2.47. The normalized spacial score (nSPS) is 19.0. The molecule has 1 unspecified atom stereocenters. The van der Waals surface area contributed by atoms with Crippen molar-refractivity contribution in [3.63, 3.8) is 0 Å². The maximum atomic E-state index is 12.8. The predicted molar refractivity (Wildman–Crippen MR) is 73.8 cm³/mol. The zero-order chi connectivity index (χ0) is 15.0. The molecule has 0 saturated carbocycles. The third kappa shape index (κ3) is 2.44. The Kier molecular flexibility index (Phi) is 3.50. The second kappa shape index (κ2) is 5.33. The van der Waals surface area contributed by atoms with Gasteiger partial charge in [-0.2, -0.15) is 4.98 Å². The zero-order valence-electron chi connectivity index (χ0n) is 12.4. The zero-order valence-corrected chi connectivity index (χ0v) is 12.4. The van der Waals surface area contributed by atoms with E-state index in [-0.39, 0.29) is 11.9 Å². The molecule has 0 spiro atoms. The molecule has 112 valence electrons. The summed E-state index contributed by atoms with van der Waals surface area (Å²) in [6.45, 7) is 5.11. The highest BCUT2D eigenvalue weighted by Gasteiger charge is 2.34. The van der Waals surface area contributed by atoms with E-state index >= 15 is 0 Å². The first kappa shape index (κ1) is 13.8. The first-order valence-electron chi connectivity index (χ1n) is 6.89. The summed E-state index contributed by atoms with van der Waals surface area (Å²) in [6.07, 6.45) is 0. The van der Waals surface area contributed by atoms with E-state index in [9.17, 15) is 4.79 Å². The molecule has 3 heterocycles. The number of ether oxygens (including phenoxy) is 1. The lowest BCUT2D eigenvalue weighted by atomic mass is 10.2. The summed E-state index contributed by atoms with van der Waals surface area (Å²) in [4.78, 5) is 18.8. The van der Waals surface area contributed by atoms with Gasteiger partial charge in [0.05, 0.1) is 13.2 Å². The van der Waals surface area contributed by atoms with Gasteiger partial charge in [-0.3, -0.25) is 4.79 Å². The molecule has 0 bridgehead atoms. The Morgan fingerprint density at radius 3 is 2.81 bits per heavy atom. The van der Waals surface area contributed by atoms with Gasteiger partial charge in [0.2, 0.25) is 0 Å². The van der Waals surface area contributed by atoms with Crippen LogP contribution in [0.25, 0.3) is 0 Å². The van der Waals surface area contributed by atoms with Crippen molar-refractivity contribution in [1.82, 2.24) is 19.6 Å². The highest BCUT2D eigenvalue weighted by Crippen LogP contribution is 2.25. The quantitative estimate of drug-likeness (QED) is 0.832. The molecule has 1 amide bonds. The lowest BCUT2D eigenvalue weighted by Crippen LogP contribution is -2.44. The summed E-state index contributed by atoms with van der Waals surface area (Å²) in [5, 5.41) is 3.80. The third-order valence-electron chi connectivity index (χ3n) is 3.81. The molecule has 21 heavy (non-hydrogen) atoms. The van der Waals surface area contributed by atoms with Gasteiger partial charge in [-0.1, -0.05) is 5.16 Å². The molecule has 0 N–H and O–H groups in total. The van der Waals surface area contributed by atoms with Crippen molar-refractivity contribution < 1.29 is 14.1 Å². The topological polar surface area (TPSA) is 73.4 Å². The molecule has 1 aliphatic rings. The van der Waals surface area contributed by atoms with Crippen LogP contribution in [0, 0.1) is 13.8 Å². The van der Waals surface area contributed by atoms with Crippen LogP contribution in [0.1, 0.15) is 33.9 Å². The Morgan fingerprint density at radius 1 is 1.38 bits per heavy atom. The van der Waals surface area contributed by atoms with E-state index in [4.69, 9.17) is 9.26 Å². The number of carbonyl (C=O) groups is 1. The summed E-state index contributed by atoms with van der Waals surface area (Å²) in [7, 11) is 1.88. The summed E-state index contributed by atoms with van der Waals surface area (Å²) in [5.41, 5.74) is 1.69. The molecule has 0 radical (unpaired) electrons. The van der Waals surface area contributed by atoms with E-state index < -0.39 is 0 Å². The lowest BCUT2D eigenvalue weighted by molar-refractivity contribution is -0.0123. The van der Waals surface area contributed by atoms with Crippen LogP contribution in [0.4, 0.5) is 0 Å². The summed E-state index contributed by atoms with van der Waals surface area (Å²) in [5.74, 6) is 0.930. The number of amides is 1. The van der Waals surface area contributed by atoms with Gasteiger partial charge >= 0.3 is 0 Å². The van der Waals surface area contributed by atoms with Crippen LogP contribution >= 0.6 is 0 Å². The number of rotatable bonds is 2. The predicted octanol–water partition coefficient (Wildman–Crippen LogP) is 1.24. The summed E-state index contributed by atoms with van der Waals surface area (Å²) in [6, 6.07) is 3.44. The van der Waals surface area contributed by atoms with Crippen molar-refractivity contribution in [2.24, 2.45) is 7.05 Å². The Hall–Kier alpha value is -2.15. The molecule has 2 aromatic heterocycles. The largest absolute Gasteiger partial charge is 0.377 e. The van der Waals surface area contributed by atoms with Crippen LogP contribution in [0.2, 0.25) is 0 Å². The van der Waals surface area contributed by atoms with Crippen molar-refractivity contribution in [3.05, 3.63) is 35.2 Å².